The highest BCUT2D eigenvalue weighted by Crippen LogP contribution is 2.45. The van der Waals surface area contributed by atoms with Gasteiger partial charge in [0.2, 0.25) is 15.9 Å². The van der Waals surface area contributed by atoms with Gasteiger partial charge in [0.25, 0.3) is 0 Å². The SMILES string of the molecule is C=CCOC[C@@H]1C[C@H](N(C[C@@H](O)[C@H](Cc2ccccc2)NC(=O)[C@H](CC=C)N(C)S(=O)(=O)CCC(F)(F)F)C(=O)O)c2cc(OC)ccc21. The van der Waals surface area contributed by atoms with Gasteiger partial charge in [-0.2, -0.15) is 17.5 Å². The van der Waals surface area contributed by atoms with E-state index in [2.05, 4.69) is 18.5 Å². The van der Waals surface area contributed by atoms with Crippen molar-refractivity contribution in [3.63, 3.8) is 0 Å². The number of fused-ring (bicyclic) bond motifs is 1. The summed E-state index contributed by atoms with van der Waals surface area (Å²) < 4.78 is 75.8. The summed E-state index contributed by atoms with van der Waals surface area (Å²) in [6.07, 6.45) is -6.14. The Kier molecular flexibility index (Phi) is 14.2. The number of alkyl halides is 3. The van der Waals surface area contributed by atoms with Gasteiger partial charge in [0.1, 0.15) is 11.8 Å². The van der Waals surface area contributed by atoms with Crippen molar-refractivity contribution in [2.45, 2.75) is 62.0 Å². The molecule has 0 spiro atoms. The summed E-state index contributed by atoms with van der Waals surface area (Å²) in [4.78, 5) is 27.5. The predicted octanol–water partition coefficient (Wildman–Crippen LogP) is 4.65. The van der Waals surface area contributed by atoms with Crippen molar-refractivity contribution in [1.29, 1.82) is 0 Å². The maximum atomic E-state index is 13.6. The Morgan fingerprint density at radius 2 is 1.82 bits per heavy atom. The van der Waals surface area contributed by atoms with E-state index < -0.39 is 71.1 Å². The third-order valence-electron chi connectivity index (χ3n) is 8.47. The van der Waals surface area contributed by atoms with Crippen molar-refractivity contribution in [3.05, 3.63) is 90.5 Å². The number of likely N-dealkylation sites (N-methyl/N-ethyl adjacent to an activating group) is 1. The third kappa shape index (κ3) is 11.0. The van der Waals surface area contributed by atoms with Gasteiger partial charge in [-0.1, -0.05) is 48.6 Å². The number of rotatable bonds is 19. The van der Waals surface area contributed by atoms with Gasteiger partial charge >= 0.3 is 12.3 Å². The number of carbonyl (C=O) groups is 2. The Labute approximate surface area is 285 Å². The lowest BCUT2D eigenvalue weighted by atomic mass is 9.99. The minimum absolute atomic E-state index is 0.0274. The lowest BCUT2D eigenvalue weighted by molar-refractivity contribution is -0.130. The molecule has 0 saturated carbocycles. The van der Waals surface area contributed by atoms with Crippen LogP contribution in [0.5, 0.6) is 5.75 Å². The summed E-state index contributed by atoms with van der Waals surface area (Å²) in [7, 11) is -2.03. The normalized spacial score (nSPS) is 17.9. The standard InChI is InChI=1S/C34H44F3N3O8S/c1-5-10-29(39(3)49(45,46)17-15-34(35,36)37)32(42)38-28(18-23-11-8-7-9-12-23)31(41)21-40(33(43)44)30-19-24(22-48-16-6-2)26-14-13-25(47-4)20-27(26)30/h5-9,11-14,20,24,28-31,41H,1-2,10,15-19,21-22H2,3-4H3,(H,38,42)(H,43,44)/t24-,28-,29-,30-,31+/m0/s1. The Hall–Kier alpha value is -3.92. The number of sulfonamides is 1. The zero-order valence-corrected chi connectivity index (χ0v) is 28.3. The molecule has 270 valence electrons. The zero-order chi connectivity index (χ0) is 36.4. The van der Waals surface area contributed by atoms with Crippen molar-refractivity contribution in [2.24, 2.45) is 0 Å². The molecule has 0 heterocycles. The van der Waals surface area contributed by atoms with E-state index in [0.29, 0.717) is 40.8 Å². The molecular weight excluding hydrogens is 667 g/mol. The van der Waals surface area contributed by atoms with Gasteiger partial charge in [0, 0.05) is 13.0 Å². The second kappa shape index (κ2) is 17.7. The first-order valence-corrected chi connectivity index (χ1v) is 17.2. The highest BCUT2D eigenvalue weighted by molar-refractivity contribution is 7.89. The van der Waals surface area contributed by atoms with Crippen LogP contribution in [0.2, 0.25) is 0 Å². The molecule has 0 bridgehead atoms. The van der Waals surface area contributed by atoms with E-state index >= 15 is 0 Å². The molecule has 2 amide bonds. The molecule has 1 aliphatic carbocycles. The molecule has 0 radical (unpaired) electrons. The molecule has 0 aliphatic heterocycles. The molecule has 2 aromatic rings. The molecule has 0 saturated heterocycles. The number of carboxylic acid groups (broad SMARTS) is 1. The van der Waals surface area contributed by atoms with Gasteiger partial charge in [-0.15, -0.1) is 13.2 Å². The second-order valence-electron chi connectivity index (χ2n) is 11.8. The number of ether oxygens (including phenoxy) is 2. The maximum Gasteiger partial charge on any atom is 0.407 e. The van der Waals surface area contributed by atoms with Crippen LogP contribution in [0, 0.1) is 0 Å². The van der Waals surface area contributed by atoms with Crippen LogP contribution < -0.4 is 10.1 Å². The van der Waals surface area contributed by atoms with Crippen LogP contribution in [-0.2, 0) is 26.0 Å². The first kappa shape index (κ1) is 39.5. The number of carbonyl (C=O) groups excluding carboxylic acids is 1. The van der Waals surface area contributed by atoms with Crippen LogP contribution in [0.25, 0.3) is 0 Å². The summed E-state index contributed by atoms with van der Waals surface area (Å²) in [5.41, 5.74) is 2.23. The highest BCUT2D eigenvalue weighted by Gasteiger charge is 2.40. The van der Waals surface area contributed by atoms with E-state index in [1.54, 1.807) is 48.5 Å². The van der Waals surface area contributed by atoms with Gasteiger partial charge < -0.3 is 25.0 Å². The molecule has 0 unspecified atom stereocenters. The van der Waals surface area contributed by atoms with Crippen molar-refractivity contribution < 1.29 is 50.9 Å². The van der Waals surface area contributed by atoms with Crippen LogP contribution in [0.3, 0.4) is 0 Å². The molecule has 1 aliphatic rings. The van der Waals surface area contributed by atoms with Crippen LogP contribution in [0.4, 0.5) is 18.0 Å². The number of hydrogen-bond donors (Lipinski definition) is 3. The number of hydrogen-bond acceptors (Lipinski definition) is 7. The summed E-state index contributed by atoms with van der Waals surface area (Å²) in [6.45, 7) is 7.37. The number of halogens is 3. The Balaban J connectivity index is 1.92. The molecule has 15 heteroatoms. The van der Waals surface area contributed by atoms with E-state index in [0.717, 1.165) is 17.5 Å². The largest absolute Gasteiger partial charge is 0.497 e. The van der Waals surface area contributed by atoms with Gasteiger partial charge in [0.15, 0.2) is 0 Å². The second-order valence-corrected chi connectivity index (χ2v) is 14.0. The molecule has 11 nitrogen and oxygen atoms in total. The van der Waals surface area contributed by atoms with E-state index in [1.807, 2.05) is 6.07 Å². The number of aliphatic hydroxyl groups is 1. The van der Waals surface area contributed by atoms with E-state index in [4.69, 9.17) is 9.47 Å². The van der Waals surface area contributed by atoms with Crippen LogP contribution >= 0.6 is 0 Å². The number of methoxy groups -OCH3 is 1. The van der Waals surface area contributed by atoms with Crippen molar-refractivity contribution in [1.82, 2.24) is 14.5 Å². The third-order valence-corrected chi connectivity index (χ3v) is 10.3. The summed E-state index contributed by atoms with van der Waals surface area (Å²) >= 11 is 0. The molecule has 0 aromatic heterocycles. The zero-order valence-electron chi connectivity index (χ0n) is 27.5. The van der Waals surface area contributed by atoms with Crippen molar-refractivity contribution in [3.8, 4) is 5.75 Å². The van der Waals surface area contributed by atoms with Gasteiger partial charge in [-0.25, -0.2) is 13.2 Å². The molecule has 0 fully saturated rings. The average Bonchev–Trinajstić information content (AvgIpc) is 3.41. The maximum absolute atomic E-state index is 13.6. The molecule has 3 N–H and O–H groups in total. The molecule has 2 aromatic carbocycles. The number of benzene rings is 2. The minimum Gasteiger partial charge on any atom is -0.497 e. The first-order valence-electron chi connectivity index (χ1n) is 15.6. The summed E-state index contributed by atoms with van der Waals surface area (Å²) in [5, 5.41) is 24.7. The molecular formula is C34H44F3N3O8S. The number of amides is 2. The lowest BCUT2D eigenvalue weighted by Gasteiger charge is -2.34. The number of nitrogens with zero attached hydrogens (tertiary/aromatic N) is 2. The quantitative estimate of drug-likeness (QED) is 0.141. The Morgan fingerprint density at radius 1 is 1.12 bits per heavy atom. The Bertz CT molecular complexity index is 1540. The van der Waals surface area contributed by atoms with E-state index in [-0.39, 0.29) is 18.8 Å². The van der Waals surface area contributed by atoms with Gasteiger partial charge in [0.05, 0.1) is 57.2 Å². The minimum atomic E-state index is -4.73. The Morgan fingerprint density at radius 3 is 2.41 bits per heavy atom. The average molecular weight is 712 g/mol. The smallest absolute Gasteiger partial charge is 0.407 e. The predicted molar refractivity (Wildman–Crippen MR) is 178 cm³/mol. The van der Waals surface area contributed by atoms with E-state index in [1.165, 1.54) is 13.2 Å². The van der Waals surface area contributed by atoms with Crippen LogP contribution in [0.15, 0.2) is 73.8 Å². The van der Waals surface area contributed by atoms with Crippen LogP contribution in [0.1, 0.15) is 47.9 Å². The molecule has 5 atom stereocenters. The lowest BCUT2D eigenvalue weighted by Crippen LogP contribution is -2.56. The summed E-state index contributed by atoms with van der Waals surface area (Å²) in [5.74, 6) is -1.81. The molecule has 49 heavy (non-hydrogen) atoms. The topological polar surface area (TPSA) is 146 Å². The fraction of sp³-hybridized carbons (Fsp3) is 0.471. The highest BCUT2D eigenvalue weighted by atomic mass is 32.2. The fourth-order valence-corrected chi connectivity index (χ4v) is 7.22. The van der Waals surface area contributed by atoms with Crippen molar-refractivity contribution in [2.75, 3.05) is 39.7 Å². The van der Waals surface area contributed by atoms with Crippen molar-refractivity contribution >= 4 is 22.0 Å². The van der Waals surface area contributed by atoms with Gasteiger partial charge in [-0.3, -0.25) is 9.69 Å². The summed E-state index contributed by atoms with van der Waals surface area (Å²) in [6, 6.07) is 10.8. The fourth-order valence-electron chi connectivity index (χ4n) is 5.87. The first-order chi connectivity index (χ1) is 23.1. The van der Waals surface area contributed by atoms with Crippen LogP contribution in [-0.4, -0.2) is 104 Å². The monoisotopic (exact) mass is 711 g/mol. The van der Waals surface area contributed by atoms with Gasteiger partial charge in [-0.05, 0) is 48.1 Å². The number of nitrogens with one attached hydrogen (secondary N) is 1. The number of aliphatic hydroxyl groups excluding tert-OH is 1. The van der Waals surface area contributed by atoms with E-state index in [9.17, 15) is 41.4 Å². The molecule has 3 rings (SSSR count).